The average molecular weight is 378 g/mol. The Balaban J connectivity index is 2.02. The van der Waals surface area contributed by atoms with Gasteiger partial charge in [-0.1, -0.05) is 22.0 Å². The van der Waals surface area contributed by atoms with Gasteiger partial charge < -0.3 is 15.5 Å². The van der Waals surface area contributed by atoms with Crippen LogP contribution in [0.4, 0.5) is 11.5 Å². The molecule has 0 atom stereocenters. The van der Waals surface area contributed by atoms with Gasteiger partial charge in [-0.25, -0.2) is 9.97 Å². The highest BCUT2D eigenvalue weighted by Gasteiger charge is 2.10. The molecule has 1 heterocycles. The Morgan fingerprint density at radius 3 is 2.74 bits per heavy atom. The number of rotatable bonds is 6. The molecule has 23 heavy (non-hydrogen) atoms. The van der Waals surface area contributed by atoms with Gasteiger partial charge in [0, 0.05) is 29.3 Å². The van der Waals surface area contributed by atoms with E-state index in [-0.39, 0.29) is 5.91 Å². The normalized spacial score (nSPS) is 10.7. The monoisotopic (exact) mass is 377 g/mol. The number of halogens is 1. The molecule has 0 bridgehead atoms. The van der Waals surface area contributed by atoms with Crippen molar-refractivity contribution in [3.63, 3.8) is 0 Å². The zero-order valence-corrected chi connectivity index (χ0v) is 15.0. The molecule has 6 nitrogen and oxygen atoms in total. The lowest BCUT2D eigenvalue weighted by atomic mass is 10.2. The number of benzene rings is 1. The Bertz CT molecular complexity index is 690. The van der Waals surface area contributed by atoms with Gasteiger partial charge >= 0.3 is 0 Å². The van der Waals surface area contributed by atoms with Gasteiger partial charge in [-0.05, 0) is 38.7 Å². The number of carbonyl (C=O) groups excluding carboxylic acids is 1. The van der Waals surface area contributed by atoms with E-state index < -0.39 is 0 Å². The molecular formula is C16H20BrN5O. The predicted molar refractivity (Wildman–Crippen MR) is 95.9 cm³/mol. The summed E-state index contributed by atoms with van der Waals surface area (Å²) in [6.45, 7) is 3.62. The van der Waals surface area contributed by atoms with E-state index in [2.05, 4.69) is 41.4 Å². The molecule has 2 N–H and O–H groups in total. The van der Waals surface area contributed by atoms with Crippen LogP contribution in [0.3, 0.4) is 0 Å². The molecule has 1 aromatic carbocycles. The van der Waals surface area contributed by atoms with Crippen LogP contribution in [0.15, 0.2) is 35.1 Å². The predicted octanol–water partition coefficient (Wildman–Crippen LogP) is 2.77. The van der Waals surface area contributed by atoms with Gasteiger partial charge in [0.25, 0.3) is 5.91 Å². The van der Waals surface area contributed by atoms with Crippen LogP contribution in [0.2, 0.25) is 0 Å². The molecule has 0 fully saturated rings. The van der Waals surface area contributed by atoms with Crippen LogP contribution < -0.4 is 10.6 Å². The highest BCUT2D eigenvalue weighted by Crippen LogP contribution is 2.21. The lowest BCUT2D eigenvalue weighted by molar-refractivity contribution is 0.102. The van der Waals surface area contributed by atoms with Crippen molar-refractivity contribution in [2.75, 3.05) is 37.8 Å². The minimum absolute atomic E-state index is 0.265. The number of nitrogens with zero attached hydrogens (tertiary/aromatic N) is 3. The maximum Gasteiger partial charge on any atom is 0.274 e. The third-order valence-electron chi connectivity index (χ3n) is 3.19. The Morgan fingerprint density at radius 2 is 2.04 bits per heavy atom. The SMILES string of the molecule is Cc1ccc(NC(=O)c2cc(NCCN(C)C)ncn2)cc1Br. The molecule has 1 amide bonds. The van der Waals surface area contributed by atoms with E-state index in [4.69, 9.17) is 0 Å². The summed E-state index contributed by atoms with van der Waals surface area (Å²) in [6, 6.07) is 7.31. The van der Waals surface area contributed by atoms with Crippen LogP contribution in [0, 0.1) is 6.92 Å². The maximum atomic E-state index is 12.3. The second kappa shape index (κ2) is 8.03. The fraction of sp³-hybridized carbons (Fsp3) is 0.312. The van der Waals surface area contributed by atoms with Crippen molar-refractivity contribution >= 4 is 33.3 Å². The molecule has 0 saturated carbocycles. The van der Waals surface area contributed by atoms with Crippen LogP contribution >= 0.6 is 15.9 Å². The van der Waals surface area contributed by atoms with Crippen LogP contribution in [0.25, 0.3) is 0 Å². The summed E-state index contributed by atoms with van der Waals surface area (Å²) in [6.07, 6.45) is 1.39. The van der Waals surface area contributed by atoms with Gasteiger partial charge in [-0.15, -0.1) is 0 Å². The van der Waals surface area contributed by atoms with Gasteiger partial charge in [-0.3, -0.25) is 4.79 Å². The smallest absolute Gasteiger partial charge is 0.274 e. The molecule has 0 aliphatic heterocycles. The number of hydrogen-bond acceptors (Lipinski definition) is 5. The van der Waals surface area contributed by atoms with Gasteiger partial charge in [0.2, 0.25) is 0 Å². The summed E-state index contributed by atoms with van der Waals surface area (Å²) >= 11 is 3.45. The van der Waals surface area contributed by atoms with E-state index >= 15 is 0 Å². The number of likely N-dealkylation sites (N-methyl/N-ethyl adjacent to an activating group) is 1. The number of anilines is 2. The summed E-state index contributed by atoms with van der Waals surface area (Å²) in [5, 5.41) is 6.00. The highest BCUT2D eigenvalue weighted by molar-refractivity contribution is 9.10. The average Bonchev–Trinajstić information content (AvgIpc) is 2.51. The summed E-state index contributed by atoms with van der Waals surface area (Å²) < 4.78 is 0.948. The van der Waals surface area contributed by atoms with Crippen LogP contribution in [-0.2, 0) is 0 Å². The van der Waals surface area contributed by atoms with Gasteiger partial charge in [0.1, 0.15) is 17.8 Å². The first-order chi connectivity index (χ1) is 11.0. The van der Waals surface area contributed by atoms with E-state index in [1.807, 2.05) is 39.2 Å². The van der Waals surface area contributed by atoms with Crippen molar-refractivity contribution in [1.29, 1.82) is 0 Å². The molecule has 0 unspecified atom stereocenters. The number of hydrogen-bond donors (Lipinski definition) is 2. The molecule has 122 valence electrons. The summed E-state index contributed by atoms with van der Waals surface area (Å²) in [5.74, 6) is 0.371. The van der Waals surface area contributed by atoms with Crippen molar-refractivity contribution in [1.82, 2.24) is 14.9 Å². The zero-order chi connectivity index (χ0) is 16.8. The first-order valence-corrected chi connectivity index (χ1v) is 8.03. The largest absolute Gasteiger partial charge is 0.369 e. The van der Waals surface area contributed by atoms with E-state index in [9.17, 15) is 4.79 Å². The Morgan fingerprint density at radius 1 is 1.26 bits per heavy atom. The molecule has 0 saturated heterocycles. The molecule has 1 aromatic heterocycles. The van der Waals surface area contributed by atoms with E-state index in [0.717, 1.165) is 23.1 Å². The van der Waals surface area contributed by atoms with Crippen molar-refractivity contribution < 1.29 is 4.79 Å². The van der Waals surface area contributed by atoms with E-state index in [1.54, 1.807) is 6.07 Å². The molecule has 7 heteroatoms. The Hall–Kier alpha value is -1.99. The minimum Gasteiger partial charge on any atom is -0.369 e. The van der Waals surface area contributed by atoms with Gasteiger partial charge in [-0.2, -0.15) is 0 Å². The molecule has 0 aliphatic rings. The number of nitrogens with one attached hydrogen (secondary N) is 2. The minimum atomic E-state index is -0.265. The number of aromatic nitrogens is 2. The third-order valence-corrected chi connectivity index (χ3v) is 4.05. The van der Waals surface area contributed by atoms with Crippen LogP contribution in [-0.4, -0.2) is 48.0 Å². The molecule has 2 rings (SSSR count). The molecule has 0 radical (unpaired) electrons. The molecule has 2 aromatic rings. The van der Waals surface area contributed by atoms with Crippen LogP contribution in [0.5, 0.6) is 0 Å². The summed E-state index contributed by atoms with van der Waals surface area (Å²) in [4.78, 5) is 22.5. The van der Waals surface area contributed by atoms with E-state index in [0.29, 0.717) is 17.2 Å². The first-order valence-electron chi connectivity index (χ1n) is 7.24. The van der Waals surface area contributed by atoms with Crippen molar-refractivity contribution in [2.45, 2.75) is 6.92 Å². The molecule has 0 aliphatic carbocycles. The number of amides is 1. The maximum absolute atomic E-state index is 12.3. The summed E-state index contributed by atoms with van der Waals surface area (Å²) in [5.41, 5.74) is 2.15. The van der Waals surface area contributed by atoms with Gasteiger partial charge in [0.05, 0.1) is 0 Å². The Labute approximate surface area is 144 Å². The summed E-state index contributed by atoms with van der Waals surface area (Å²) in [7, 11) is 4.00. The number of aryl methyl sites for hydroxylation is 1. The van der Waals surface area contributed by atoms with Crippen molar-refractivity contribution in [2.24, 2.45) is 0 Å². The molecular weight excluding hydrogens is 358 g/mol. The standard InChI is InChI=1S/C16H20BrN5O/c1-11-4-5-12(8-13(11)17)21-16(23)14-9-15(20-10-19-14)18-6-7-22(2)3/h4-5,8-10H,6-7H2,1-3H3,(H,21,23)(H,18,19,20). The first kappa shape index (κ1) is 17.4. The van der Waals surface area contributed by atoms with Crippen LogP contribution in [0.1, 0.15) is 16.1 Å². The topological polar surface area (TPSA) is 70.2 Å². The van der Waals surface area contributed by atoms with Gasteiger partial charge in [0.15, 0.2) is 0 Å². The van der Waals surface area contributed by atoms with Crippen molar-refractivity contribution in [3.05, 3.63) is 46.3 Å². The second-order valence-electron chi connectivity index (χ2n) is 5.44. The Kier molecular flexibility index (Phi) is 6.06. The lowest BCUT2D eigenvalue weighted by Crippen LogP contribution is -2.21. The quantitative estimate of drug-likeness (QED) is 0.809. The van der Waals surface area contributed by atoms with Crippen molar-refractivity contribution in [3.8, 4) is 0 Å². The zero-order valence-electron chi connectivity index (χ0n) is 13.4. The third kappa shape index (κ3) is 5.30. The molecule has 0 spiro atoms. The van der Waals surface area contributed by atoms with E-state index in [1.165, 1.54) is 6.33 Å². The highest BCUT2D eigenvalue weighted by atomic mass is 79.9. The number of carbonyl (C=O) groups is 1. The fourth-order valence-corrected chi connectivity index (χ4v) is 2.23. The fourth-order valence-electron chi connectivity index (χ4n) is 1.85. The lowest BCUT2D eigenvalue weighted by Gasteiger charge is -2.11. The second-order valence-corrected chi connectivity index (χ2v) is 6.29.